The maximum absolute atomic E-state index is 12.2. The van der Waals surface area contributed by atoms with Gasteiger partial charge in [0.05, 0.1) is 6.54 Å². The molecule has 0 aromatic carbocycles. The van der Waals surface area contributed by atoms with Crippen molar-refractivity contribution in [1.82, 2.24) is 19.8 Å². The topological polar surface area (TPSA) is 98.8 Å². The van der Waals surface area contributed by atoms with Crippen LogP contribution in [0, 0.1) is 0 Å². The lowest BCUT2D eigenvalue weighted by molar-refractivity contribution is -0.139. The Morgan fingerprint density at radius 1 is 1.39 bits per heavy atom. The first kappa shape index (κ1) is 16.4. The number of nitrogens with one attached hydrogen (secondary N) is 2. The second kappa shape index (κ2) is 6.56. The van der Waals surface area contributed by atoms with Crippen LogP contribution in [0.3, 0.4) is 0 Å². The van der Waals surface area contributed by atoms with Crippen LogP contribution in [-0.4, -0.2) is 75.3 Å². The first-order valence-corrected chi connectivity index (χ1v) is 9.66. The Balaban J connectivity index is 1.58. The molecule has 0 bridgehead atoms. The van der Waals surface area contributed by atoms with Crippen LogP contribution in [0.15, 0.2) is 21.7 Å². The Bertz CT molecular complexity index is 689. The van der Waals surface area contributed by atoms with Gasteiger partial charge < -0.3 is 10.2 Å². The maximum atomic E-state index is 12.2. The van der Waals surface area contributed by atoms with Crippen molar-refractivity contribution in [3.05, 3.63) is 17.5 Å². The number of thiophene rings is 1. The third kappa shape index (κ3) is 3.55. The Morgan fingerprint density at radius 2 is 2.22 bits per heavy atom. The van der Waals surface area contributed by atoms with Gasteiger partial charge in [0.1, 0.15) is 10.3 Å². The number of fused-ring (bicyclic) bond motifs is 1. The summed E-state index contributed by atoms with van der Waals surface area (Å²) in [7, 11) is -3.65. The van der Waals surface area contributed by atoms with E-state index in [2.05, 4.69) is 14.9 Å². The minimum Gasteiger partial charge on any atom is -0.353 e. The monoisotopic (exact) mass is 358 g/mol. The number of carbonyl (C=O) groups is 2. The molecule has 0 saturated carbocycles. The van der Waals surface area contributed by atoms with E-state index in [-0.39, 0.29) is 28.6 Å². The van der Waals surface area contributed by atoms with Crippen LogP contribution in [0.25, 0.3) is 0 Å². The van der Waals surface area contributed by atoms with Gasteiger partial charge in [0.25, 0.3) is 10.0 Å². The predicted molar refractivity (Wildman–Crippen MR) is 84.5 cm³/mol. The zero-order valence-corrected chi connectivity index (χ0v) is 14.0. The molecule has 2 saturated heterocycles. The molecule has 3 rings (SSSR count). The van der Waals surface area contributed by atoms with Crippen molar-refractivity contribution in [2.75, 3.05) is 39.3 Å². The van der Waals surface area contributed by atoms with Crippen molar-refractivity contribution >= 4 is 33.2 Å². The van der Waals surface area contributed by atoms with E-state index in [9.17, 15) is 18.0 Å². The summed E-state index contributed by atoms with van der Waals surface area (Å²) >= 11 is 1.10. The Hall–Kier alpha value is -1.49. The lowest BCUT2D eigenvalue weighted by atomic mass is 10.1. The molecule has 2 aliphatic rings. The zero-order chi connectivity index (χ0) is 16.4. The van der Waals surface area contributed by atoms with Crippen LogP contribution in [0.1, 0.15) is 0 Å². The second-order valence-corrected chi connectivity index (χ2v) is 8.38. The Morgan fingerprint density at radius 3 is 2.96 bits per heavy atom. The van der Waals surface area contributed by atoms with Gasteiger partial charge in [-0.25, -0.2) is 13.1 Å². The zero-order valence-electron chi connectivity index (χ0n) is 12.4. The maximum Gasteiger partial charge on any atom is 0.250 e. The highest BCUT2D eigenvalue weighted by Gasteiger charge is 2.36. The molecule has 1 unspecified atom stereocenters. The van der Waals surface area contributed by atoms with E-state index in [1.54, 1.807) is 16.3 Å². The van der Waals surface area contributed by atoms with Crippen LogP contribution in [-0.2, 0) is 19.6 Å². The van der Waals surface area contributed by atoms with Crippen LogP contribution < -0.4 is 10.0 Å². The largest absolute Gasteiger partial charge is 0.353 e. The number of carbonyl (C=O) groups excluding carboxylic acids is 2. The Labute approximate surface area is 138 Å². The van der Waals surface area contributed by atoms with Crippen molar-refractivity contribution in [3.63, 3.8) is 0 Å². The molecule has 3 heterocycles. The van der Waals surface area contributed by atoms with Gasteiger partial charge in [-0.1, -0.05) is 6.07 Å². The van der Waals surface area contributed by atoms with Crippen LogP contribution >= 0.6 is 11.3 Å². The van der Waals surface area contributed by atoms with Gasteiger partial charge in [-0.3, -0.25) is 14.5 Å². The first-order chi connectivity index (χ1) is 11.0. The van der Waals surface area contributed by atoms with Gasteiger partial charge in [0.2, 0.25) is 11.8 Å². The summed E-state index contributed by atoms with van der Waals surface area (Å²) < 4.78 is 26.5. The molecule has 1 atom stereocenters. The molecule has 23 heavy (non-hydrogen) atoms. The average molecular weight is 358 g/mol. The molecular formula is C13H18N4O4S2. The number of piperazine rings is 2. The molecule has 2 aliphatic heterocycles. The van der Waals surface area contributed by atoms with Crippen molar-refractivity contribution in [2.24, 2.45) is 0 Å². The standard InChI is InChI=1S/C13H18N4O4S2/c18-11(8-15-23(20,21)12-2-1-7-22-12)17-6-5-16-4-3-14-13(19)10(16)9-17/h1-2,7,10,15H,3-6,8-9H2,(H,14,19). The summed E-state index contributed by atoms with van der Waals surface area (Å²) in [6.45, 7) is 2.54. The van der Waals surface area contributed by atoms with Crippen LogP contribution in [0.5, 0.6) is 0 Å². The van der Waals surface area contributed by atoms with E-state index < -0.39 is 10.0 Å². The third-order valence-electron chi connectivity index (χ3n) is 4.02. The van der Waals surface area contributed by atoms with E-state index in [0.717, 1.165) is 17.9 Å². The van der Waals surface area contributed by atoms with E-state index >= 15 is 0 Å². The number of rotatable bonds is 4. The van der Waals surface area contributed by atoms with E-state index in [0.29, 0.717) is 26.2 Å². The summed E-state index contributed by atoms with van der Waals surface area (Å²) in [5, 5.41) is 4.45. The molecule has 2 fully saturated rings. The van der Waals surface area contributed by atoms with Crippen molar-refractivity contribution in [3.8, 4) is 0 Å². The molecular weight excluding hydrogens is 340 g/mol. The van der Waals surface area contributed by atoms with E-state index in [4.69, 9.17) is 0 Å². The average Bonchev–Trinajstić information content (AvgIpc) is 3.08. The highest BCUT2D eigenvalue weighted by molar-refractivity contribution is 7.91. The minimum absolute atomic E-state index is 0.0760. The fourth-order valence-electron chi connectivity index (χ4n) is 2.76. The highest BCUT2D eigenvalue weighted by atomic mass is 32.2. The number of hydrogen-bond donors (Lipinski definition) is 2. The smallest absolute Gasteiger partial charge is 0.250 e. The van der Waals surface area contributed by atoms with Gasteiger partial charge in [0.15, 0.2) is 0 Å². The summed E-state index contributed by atoms with van der Waals surface area (Å²) in [6.07, 6.45) is 0. The van der Waals surface area contributed by atoms with Crippen molar-refractivity contribution in [2.45, 2.75) is 10.3 Å². The summed E-state index contributed by atoms with van der Waals surface area (Å²) in [6, 6.07) is 2.79. The third-order valence-corrected chi connectivity index (χ3v) is 6.82. The number of nitrogens with zero attached hydrogens (tertiary/aromatic N) is 2. The normalized spacial score (nSPS) is 22.5. The van der Waals surface area contributed by atoms with E-state index in [1.165, 1.54) is 6.07 Å². The molecule has 10 heteroatoms. The number of amides is 2. The van der Waals surface area contributed by atoms with Gasteiger partial charge in [-0.15, -0.1) is 11.3 Å². The molecule has 0 aliphatic carbocycles. The minimum atomic E-state index is -3.65. The molecule has 1 aromatic rings. The van der Waals surface area contributed by atoms with Crippen molar-refractivity contribution in [1.29, 1.82) is 0 Å². The fourth-order valence-corrected chi connectivity index (χ4v) is 4.77. The van der Waals surface area contributed by atoms with Crippen LogP contribution in [0.2, 0.25) is 0 Å². The van der Waals surface area contributed by atoms with Crippen LogP contribution in [0.4, 0.5) is 0 Å². The molecule has 126 valence electrons. The fraction of sp³-hybridized carbons (Fsp3) is 0.538. The number of hydrogen-bond acceptors (Lipinski definition) is 6. The summed E-state index contributed by atoms with van der Waals surface area (Å²) in [4.78, 5) is 27.7. The summed E-state index contributed by atoms with van der Waals surface area (Å²) in [5.41, 5.74) is 0. The SMILES string of the molecule is O=C1NCCN2CCN(C(=O)CNS(=O)(=O)c3cccs3)CC12. The van der Waals surface area contributed by atoms with E-state index in [1.807, 2.05) is 0 Å². The van der Waals surface area contributed by atoms with Gasteiger partial charge in [-0.2, -0.15) is 0 Å². The molecule has 0 radical (unpaired) electrons. The van der Waals surface area contributed by atoms with Gasteiger partial charge >= 0.3 is 0 Å². The second-order valence-electron chi connectivity index (χ2n) is 5.44. The first-order valence-electron chi connectivity index (χ1n) is 7.30. The molecule has 0 spiro atoms. The van der Waals surface area contributed by atoms with Crippen molar-refractivity contribution < 1.29 is 18.0 Å². The summed E-state index contributed by atoms with van der Waals surface area (Å²) in [5.74, 6) is -0.393. The molecule has 1 aromatic heterocycles. The lowest BCUT2D eigenvalue weighted by Gasteiger charge is -2.43. The predicted octanol–water partition coefficient (Wildman–Crippen LogP) is -1.33. The molecule has 2 N–H and O–H groups in total. The highest BCUT2D eigenvalue weighted by Crippen LogP contribution is 2.16. The molecule has 8 nitrogen and oxygen atoms in total. The molecule has 2 amide bonds. The quantitative estimate of drug-likeness (QED) is 0.695. The van der Waals surface area contributed by atoms with Gasteiger partial charge in [0, 0.05) is 32.7 Å². The number of sulfonamides is 1. The Kier molecular flexibility index (Phi) is 4.67. The lowest BCUT2D eigenvalue weighted by Crippen LogP contribution is -2.65. The van der Waals surface area contributed by atoms with Gasteiger partial charge in [-0.05, 0) is 11.4 Å².